The molecular formula is C12H21N3O2. The number of nitrogens with two attached hydrogens (primary N) is 1. The first-order valence-electron chi connectivity index (χ1n) is 5.62. The Morgan fingerprint density at radius 1 is 1.47 bits per heavy atom. The van der Waals surface area contributed by atoms with E-state index in [0.717, 1.165) is 5.69 Å². The van der Waals surface area contributed by atoms with E-state index in [1.165, 1.54) is 0 Å². The van der Waals surface area contributed by atoms with E-state index in [0.29, 0.717) is 6.54 Å². The summed E-state index contributed by atoms with van der Waals surface area (Å²) in [5.74, 6) is -0.417. The third-order valence-corrected chi connectivity index (χ3v) is 2.27. The number of ether oxygens (including phenoxy) is 1. The summed E-state index contributed by atoms with van der Waals surface area (Å²) in [4.78, 5) is 11.9. The van der Waals surface area contributed by atoms with Crippen molar-refractivity contribution in [3.63, 3.8) is 0 Å². The highest BCUT2D eigenvalue weighted by atomic mass is 16.6. The maximum Gasteiger partial charge on any atom is 0.328 e. The Bertz CT molecular complexity index is 402. The number of aryl methyl sites for hydroxylation is 1. The van der Waals surface area contributed by atoms with E-state index < -0.39 is 17.1 Å². The summed E-state index contributed by atoms with van der Waals surface area (Å²) >= 11 is 0. The number of hydrogen-bond acceptors (Lipinski definition) is 4. The molecule has 1 aromatic rings. The van der Waals surface area contributed by atoms with Gasteiger partial charge in [0.05, 0.1) is 6.54 Å². The van der Waals surface area contributed by atoms with Crippen molar-refractivity contribution in [2.24, 2.45) is 5.73 Å². The Balaban J connectivity index is 2.75. The van der Waals surface area contributed by atoms with Gasteiger partial charge in [0, 0.05) is 11.9 Å². The van der Waals surface area contributed by atoms with Crippen molar-refractivity contribution in [3.05, 3.63) is 18.0 Å². The fourth-order valence-corrected chi connectivity index (χ4v) is 1.33. The van der Waals surface area contributed by atoms with Crippen molar-refractivity contribution in [3.8, 4) is 0 Å². The van der Waals surface area contributed by atoms with Crippen LogP contribution in [0.3, 0.4) is 0 Å². The molecule has 0 radical (unpaired) electrons. The molecule has 17 heavy (non-hydrogen) atoms. The van der Waals surface area contributed by atoms with Crippen LogP contribution in [0.15, 0.2) is 12.3 Å². The van der Waals surface area contributed by atoms with Crippen LogP contribution >= 0.6 is 0 Å². The van der Waals surface area contributed by atoms with Crippen LogP contribution in [0.1, 0.15) is 33.4 Å². The van der Waals surface area contributed by atoms with Gasteiger partial charge in [0.1, 0.15) is 11.1 Å². The molecule has 0 aliphatic carbocycles. The highest BCUT2D eigenvalue weighted by Gasteiger charge is 2.34. The van der Waals surface area contributed by atoms with Gasteiger partial charge in [-0.05, 0) is 40.7 Å². The quantitative estimate of drug-likeness (QED) is 0.806. The predicted octanol–water partition coefficient (Wildman–Crippen LogP) is 1.25. The lowest BCUT2D eigenvalue weighted by Gasteiger charge is -2.28. The average molecular weight is 239 g/mol. The summed E-state index contributed by atoms with van der Waals surface area (Å²) in [5, 5.41) is 4.11. The van der Waals surface area contributed by atoms with Crippen LogP contribution in [-0.4, -0.2) is 26.9 Å². The van der Waals surface area contributed by atoms with Gasteiger partial charge in [-0.15, -0.1) is 0 Å². The molecule has 0 spiro atoms. The molecular weight excluding hydrogens is 218 g/mol. The first-order valence-corrected chi connectivity index (χ1v) is 5.62. The zero-order valence-corrected chi connectivity index (χ0v) is 11.2. The van der Waals surface area contributed by atoms with Crippen LogP contribution in [0.25, 0.3) is 0 Å². The summed E-state index contributed by atoms with van der Waals surface area (Å²) in [5.41, 5.74) is 5.35. The zero-order valence-electron chi connectivity index (χ0n) is 11.2. The molecule has 0 bridgehead atoms. The van der Waals surface area contributed by atoms with Gasteiger partial charge in [-0.2, -0.15) is 5.10 Å². The largest absolute Gasteiger partial charge is 0.459 e. The molecule has 0 aromatic carbocycles. The van der Waals surface area contributed by atoms with Crippen molar-refractivity contribution in [2.45, 2.75) is 52.3 Å². The molecule has 1 unspecified atom stereocenters. The highest BCUT2D eigenvalue weighted by Crippen LogP contribution is 2.14. The fraction of sp³-hybridized carbons (Fsp3) is 0.667. The van der Waals surface area contributed by atoms with Crippen LogP contribution in [0.5, 0.6) is 0 Å². The van der Waals surface area contributed by atoms with Gasteiger partial charge in [0.15, 0.2) is 0 Å². The van der Waals surface area contributed by atoms with Crippen LogP contribution < -0.4 is 5.73 Å². The van der Waals surface area contributed by atoms with Crippen molar-refractivity contribution >= 4 is 5.97 Å². The number of carbonyl (C=O) groups excluding carboxylic acids is 1. The zero-order chi connectivity index (χ0) is 13.3. The summed E-state index contributed by atoms with van der Waals surface area (Å²) in [6.07, 6.45) is 1.68. The van der Waals surface area contributed by atoms with Crippen molar-refractivity contribution in [1.29, 1.82) is 0 Å². The molecule has 5 nitrogen and oxygen atoms in total. The molecule has 0 saturated heterocycles. The molecule has 1 heterocycles. The smallest absolute Gasteiger partial charge is 0.328 e. The number of hydrogen-bond donors (Lipinski definition) is 1. The molecule has 1 aromatic heterocycles. The van der Waals surface area contributed by atoms with Crippen LogP contribution in [0.2, 0.25) is 0 Å². The number of carbonyl (C=O) groups is 1. The van der Waals surface area contributed by atoms with Gasteiger partial charge in [0.2, 0.25) is 0 Å². The molecule has 0 amide bonds. The Morgan fingerprint density at radius 2 is 2.06 bits per heavy atom. The lowest BCUT2D eigenvalue weighted by molar-refractivity contribution is -0.161. The van der Waals surface area contributed by atoms with Gasteiger partial charge in [0.25, 0.3) is 0 Å². The summed E-state index contributed by atoms with van der Waals surface area (Å²) in [6, 6.07) is 1.87. The van der Waals surface area contributed by atoms with Crippen molar-refractivity contribution in [2.75, 3.05) is 0 Å². The van der Waals surface area contributed by atoms with Gasteiger partial charge >= 0.3 is 5.97 Å². The minimum absolute atomic E-state index is 0.306. The molecule has 0 saturated carbocycles. The topological polar surface area (TPSA) is 70.1 Å². The van der Waals surface area contributed by atoms with Crippen molar-refractivity contribution in [1.82, 2.24) is 9.78 Å². The van der Waals surface area contributed by atoms with E-state index in [9.17, 15) is 4.79 Å². The number of rotatable bonds is 3. The molecule has 0 fully saturated rings. The molecule has 96 valence electrons. The van der Waals surface area contributed by atoms with E-state index in [1.54, 1.807) is 17.8 Å². The van der Waals surface area contributed by atoms with E-state index in [-0.39, 0.29) is 0 Å². The van der Waals surface area contributed by atoms with Crippen LogP contribution in [-0.2, 0) is 16.1 Å². The normalized spacial score (nSPS) is 15.4. The maximum absolute atomic E-state index is 11.9. The fourth-order valence-electron chi connectivity index (χ4n) is 1.33. The molecule has 2 N–H and O–H groups in total. The van der Waals surface area contributed by atoms with E-state index >= 15 is 0 Å². The van der Waals surface area contributed by atoms with E-state index in [1.807, 2.05) is 33.8 Å². The second kappa shape index (κ2) is 4.49. The summed E-state index contributed by atoms with van der Waals surface area (Å²) < 4.78 is 6.98. The summed E-state index contributed by atoms with van der Waals surface area (Å²) in [7, 11) is 0. The molecule has 1 rings (SSSR count). The lowest BCUT2D eigenvalue weighted by Crippen LogP contribution is -2.51. The maximum atomic E-state index is 11.9. The highest BCUT2D eigenvalue weighted by molar-refractivity contribution is 5.80. The van der Waals surface area contributed by atoms with E-state index in [4.69, 9.17) is 10.5 Å². The van der Waals surface area contributed by atoms with Gasteiger partial charge in [-0.25, -0.2) is 4.79 Å². The molecule has 1 atom stereocenters. The Hall–Kier alpha value is -1.36. The molecule has 5 heteroatoms. The van der Waals surface area contributed by atoms with Crippen LogP contribution in [0, 0.1) is 6.92 Å². The molecule has 0 aliphatic rings. The standard InChI is InChI=1S/C12H21N3O2/c1-9-6-7-14-15(9)8-12(5,13)10(16)17-11(2,3)4/h6-7H,8,13H2,1-5H3. The monoisotopic (exact) mass is 239 g/mol. The van der Waals surface area contributed by atoms with E-state index in [2.05, 4.69) is 5.10 Å². The Morgan fingerprint density at radius 3 is 2.47 bits per heavy atom. The SMILES string of the molecule is Cc1ccnn1CC(C)(N)C(=O)OC(C)(C)C. The second-order valence-electron chi connectivity index (χ2n) is 5.55. The van der Waals surface area contributed by atoms with Gasteiger partial charge < -0.3 is 10.5 Å². The Kier molecular flexibility index (Phi) is 3.62. The second-order valence-corrected chi connectivity index (χ2v) is 5.55. The third-order valence-electron chi connectivity index (χ3n) is 2.27. The van der Waals surface area contributed by atoms with Crippen LogP contribution in [0.4, 0.5) is 0 Å². The predicted molar refractivity (Wildman–Crippen MR) is 65.4 cm³/mol. The number of aromatic nitrogens is 2. The summed E-state index contributed by atoms with van der Waals surface area (Å²) in [6.45, 7) is 9.33. The van der Waals surface area contributed by atoms with Gasteiger partial charge in [-0.3, -0.25) is 4.68 Å². The first-order chi connectivity index (χ1) is 7.62. The lowest BCUT2D eigenvalue weighted by atomic mass is 10.0. The minimum Gasteiger partial charge on any atom is -0.459 e. The average Bonchev–Trinajstić information content (AvgIpc) is 2.48. The first kappa shape index (κ1) is 13.7. The minimum atomic E-state index is -1.08. The van der Waals surface area contributed by atoms with Gasteiger partial charge in [-0.1, -0.05) is 0 Å². The molecule has 0 aliphatic heterocycles. The number of esters is 1. The number of nitrogens with zero attached hydrogens (tertiary/aromatic N) is 2. The van der Waals surface area contributed by atoms with Crippen molar-refractivity contribution < 1.29 is 9.53 Å². The Labute approximate surface area is 102 Å². The third kappa shape index (κ3) is 3.85.